The first-order valence-corrected chi connectivity index (χ1v) is 11.6. The fourth-order valence-electron chi connectivity index (χ4n) is 4.48. The van der Waals surface area contributed by atoms with Crippen molar-refractivity contribution in [2.45, 2.75) is 57.5 Å². The van der Waals surface area contributed by atoms with Gasteiger partial charge < -0.3 is 29.2 Å². The minimum Gasteiger partial charge on any atom is -0.491 e. The van der Waals surface area contributed by atoms with E-state index < -0.39 is 12.2 Å². The van der Waals surface area contributed by atoms with Crippen molar-refractivity contribution in [3.8, 4) is 5.75 Å². The molecular weight excluding hydrogens is 431 g/mol. The lowest BCUT2D eigenvalue weighted by atomic mass is 9.87. The van der Waals surface area contributed by atoms with Crippen LogP contribution in [0.3, 0.4) is 0 Å². The summed E-state index contributed by atoms with van der Waals surface area (Å²) in [6, 6.07) is 5.61. The molecule has 6 atom stereocenters. The Morgan fingerprint density at radius 3 is 2.76 bits per heavy atom. The van der Waals surface area contributed by atoms with Crippen LogP contribution in [0.15, 0.2) is 36.4 Å². The molecule has 0 bridgehead atoms. The normalized spacial score (nSPS) is 28.5. The molecule has 2 N–H and O–H groups in total. The molecule has 1 aromatic carbocycles. The molecule has 1 saturated carbocycles. The second-order valence-corrected chi connectivity index (χ2v) is 9.13. The molecule has 1 aliphatic carbocycles. The van der Waals surface area contributed by atoms with Gasteiger partial charge in [-0.3, -0.25) is 0 Å². The molecule has 7 nitrogen and oxygen atoms in total. The maximum atomic E-state index is 13.0. The van der Waals surface area contributed by atoms with E-state index in [2.05, 4.69) is 0 Å². The van der Waals surface area contributed by atoms with E-state index in [0.29, 0.717) is 25.4 Å². The number of hydrogen-bond donors (Lipinski definition) is 2. The maximum absolute atomic E-state index is 13.0. The van der Waals surface area contributed by atoms with Crippen LogP contribution in [-0.4, -0.2) is 67.0 Å². The number of ether oxygens (including phenoxy) is 4. The van der Waals surface area contributed by atoms with E-state index in [1.54, 1.807) is 19.9 Å². The Kier molecular flexibility index (Phi) is 9.67. The van der Waals surface area contributed by atoms with E-state index in [9.17, 15) is 19.4 Å². The van der Waals surface area contributed by atoms with Crippen LogP contribution in [0, 0.1) is 23.6 Å². The molecule has 0 spiro atoms. The molecule has 0 aromatic heterocycles. The van der Waals surface area contributed by atoms with Gasteiger partial charge in [0.25, 0.3) is 0 Å². The summed E-state index contributed by atoms with van der Waals surface area (Å²) in [5, 5.41) is 20.8. The molecule has 1 aromatic rings. The quantitative estimate of drug-likeness (QED) is 0.404. The van der Waals surface area contributed by atoms with Crippen LogP contribution in [0.25, 0.3) is 0 Å². The molecule has 1 saturated heterocycles. The number of carbonyl (C=O) groups is 1. The Hall–Kier alpha value is -2.00. The van der Waals surface area contributed by atoms with Gasteiger partial charge in [0.2, 0.25) is 0 Å². The molecule has 1 aliphatic heterocycles. The zero-order chi connectivity index (χ0) is 23.8. The van der Waals surface area contributed by atoms with Crippen LogP contribution in [0.5, 0.6) is 5.75 Å². The number of rotatable bonds is 10. The van der Waals surface area contributed by atoms with Crippen molar-refractivity contribution in [1.82, 2.24) is 0 Å². The smallest absolute Gasteiger partial charge is 0.332 e. The molecule has 0 unspecified atom stereocenters. The van der Waals surface area contributed by atoms with Crippen molar-refractivity contribution in [3.63, 3.8) is 0 Å². The van der Waals surface area contributed by atoms with E-state index in [-0.39, 0.29) is 55.0 Å². The first-order valence-electron chi connectivity index (χ1n) is 11.6. The van der Waals surface area contributed by atoms with Gasteiger partial charge in [-0.05, 0) is 56.9 Å². The van der Waals surface area contributed by atoms with Crippen LogP contribution in [0.4, 0.5) is 4.39 Å². The van der Waals surface area contributed by atoms with E-state index in [0.717, 1.165) is 12.8 Å². The summed E-state index contributed by atoms with van der Waals surface area (Å²) >= 11 is 0. The Labute approximate surface area is 194 Å². The average molecular weight is 467 g/mol. The molecule has 3 rings (SSSR count). The lowest BCUT2D eigenvalue weighted by molar-refractivity contribution is -0.153. The van der Waals surface area contributed by atoms with E-state index in [1.165, 1.54) is 24.3 Å². The van der Waals surface area contributed by atoms with Crippen molar-refractivity contribution >= 4 is 5.97 Å². The molecule has 0 radical (unpaired) electrons. The molecule has 8 heteroatoms. The van der Waals surface area contributed by atoms with Gasteiger partial charge in [-0.15, -0.1) is 0 Å². The molecule has 2 fully saturated rings. The third kappa shape index (κ3) is 8.07. The Morgan fingerprint density at radius 2 is 2.03 bits per heavy atom. The number of aliphatic hydroxyl groups excluding tert-OH is 2. The van der Waals surface area contributed by atoms with Crippen LogP contribution < -0.4 is 4.74 Å². The van der Waals surface area contributed by atoms with Crippen LogP contribution >= 0.6 is 0 Å². The largest absolute Gasteiger partial charge is 0.491 e. The van der Waals surface area contributed by atoms with Crippen LogP contribution in [0.2, 0.25) is 0 Å². The predicted octanol–water partition coefficient (Wildman–Crippen LogP) is 2.88. The molecule has 184 valence electrons. The standard InChI is InChI=1S/C25H35FO7/c1-16(2)33-25(29)15-30-12-17-3-9-22-21(23(28)11-24(22)32-13-17)10-6-19(27)14-31-20-7-4-18(26)5-8-20/h4-8,10,16-17,19,21-24,27-28H,3,9,11-15H2,1-2H3/b10-6+/t17-,19-,21-,22-,23-,24+/m1/s1. The van der Waals surface area contributed by atoms with Gasteiger partial charge >= 0.3 is 5.97 Å². The molecule has 33 heavy (non-hydrogen) atoms. The summed E-state index contributed by atoms with van der Waals surface area (Å²) in [6.07, 6.45) is 4.21. The lowest BCUT2D eigenvalue weighted by Gasteiger charge is -2.21. The predicted molar refractivity (Wildman–Crippen MR) is 119 cm³/mol. The van der Waals surface area contributed by atoms with Crippen molar-refractivity contribution in [2.75, 3.05) is 26.4 Å². The van der Waals surface area contributed by atoms with E-state index >= 15 is 0 Å². The van der Waals surface area contributed by atoms with Crippen molar-refractivity contribution in [1.29, 1.82) is 0 Å². The first-order chi connectivity index (χ1) is 15.8. The third-order valence-corrected chi connectivity index (χ3v) is 6.07. The number of esters is 1. The molecule has 2 aliphatic rings. The molecule has 1 heterocycles. The van der Waals surface area contributed by atoms with Crippen LogP contribution in [-0.2, 0) is 19.0 Å². The number of halogens is 1. The van der Waals surface area contributed by atoms with Gasteiger partial charge in [-0.25, -0.2) is 9.18 Å². The fraction of sp³-hybridized carbons (Fsp3) is 0.640. The summed E-state index contributed by atoms with van der Waals surface area (Å²) in [6.45, 7) is 4.52. The van der Waals surface area contributed by atoms with Crippen LogP contribution in [0.1, 0.15) is 33.1 Å². The van der Waals surface area contributed by atoms with Gasteiger partial charge in [0, 0.05) is 18.3 Å². The minimum atomic E-state index is -0.847. The second-order valence-electron chi connectivity index (χ2n) is 9.13. The fourth-order valence-corrected chi connectivity index (χ4v) is 4.48. The highest BCUT2D eigenvalue weighted by Gasteiger charge is 2.43. The number of benzene rings is 1. The maximum Gasteiger partial charge on any atom is 0.332 e. The summed E-state index contributed by atoms with van der Waals surface area (Å²) in [5.74, 6) is -0.0208. The highest BCUT2D eigenvalue weighted by molar-refractivity contribution is 5.70. The van der Waals surface area contributed by atoms with Crippen molar-refractivity contribution in [3.05, 3.63) is 42.2 Å². The Bertz CT molecular complexity index is 767. The van der Waals surface area contributed by atoms with Gasteiger partial charge in [0.1, 0.15) is 30.9 Å². The summed E-state index contributed by atoms with van der Waals surface area (Å²) < 4.78 is 35.1. The van der Waals surface area contributed by atoms with Gasteiger partial charge in [-0.1, -0.05) is 12.2 Å². The van der Waals surface area contributed by atoms with Crippen molar-refractivity contribution in [2.24, 2.45) is 17.8 Å². The highest BCUT2D eigenvalue weighted by Crippen LogP contribution is 2.41. The number of carbonyl (C=O) groups excluding carboxylic acids is 1. The zero-order valence-electron chi connectivity index (χ0n) is 19.3. The second kappa shape index (κ2) is 12.5. The topological polar surface area (TPSA) is 94.5 Å². The minimum absolute atomic E-state index is 0.0359. The molecular formula is C25H35FO7. The number of hydrogen-bond acceptors (Lipinski definition) is 7. The monoisotopic (exact) mass is 466 g/mol. The number of aliphatic hydroxyl groups is 2. The summed E-state index contributed by atoms with van der Waals surface area (Å²) in [4.78, 5) is 11.6. The van der Waals surface area contributed by atoms with Gasteiger partial charge in [0.15, 0.2) is 0 Å². The van der Waals surface area contributed by atoms with E-state index in [4.69, 9.17) is 18.9 Å². The summed E-state index contributed by atoms with van der Waals surface area (Å²) in [7, 11) is 0. The molecule has 0 amide bonds. The van der Waals surface area contributed by atoms with Crippen molar-refractivity contribution < 1.29 is 38.3 Å². The lowest BCUT2D eigenvalue weighted by Crippen LogP contribution is -2.22. The Balaban J connectivity index is 1.44. The average Bonchev–Trinajstić information content (AvgIpc) is 2.93. The van der Waals surface area contributed by atoms with Gasteiger partial charge in [0.05, 0.1) is 31.5 Å². The van der Waals surface area contributed by atoms with Gasteiger partial charge in [-0.2, -0.15) is 0 Å². The Morgan fingerprint density at radius 1 is 1.27 bits per heavy atom. The first kappa shape index (κ1) is 25.6. The summed E-state index contributed by atoms with van der Waals surface area (Å²) in [5.41, 5.74) is 0. The number of fused-ring (bicyclic) bond motifs is 1. The van der Waals surface area contributed by atoms with E-state index in [1.807, 2.05) is 6.08 Å². The highest BCUT2D eigenvalue weighted by atomic mass is 19.1. The third-order valence-electron chi connectivity index (χ3n) is 6.07. The SMILES string of the molecule is CC(C)OC(=O)COC[C@H]1CC[C@@H]2[C@@H](/C=C/[C@@H](O)COc3ccc(F)cc3)[C@H](O)C[C@@H]2OC1. The zero-order valence-corrected chi connectivity index (χ0v) is 19.3.